The molecule has 0 bridgehead atoms. The molecule has 0 amide bonds. The molecule has 2 rings (SSSR count). The van der Waals surface area contributed by atoms with Crippen molar-refractivity contribution in [3.63, 3.8) is 0 Å². The Balaban J connectivity index is 1.39. The van der Waals surface area contributed by atoms with Gasteiger partial charge in [0.05, 0.1) is 24.5 Å². The second kappa shape index (κ2) is 19.6. The van der Waals surface area contributed by atoms with Gasteiger partial charge in [0.2, 0.25) is 0 Å². The third kappa shape index (κ3) is 13.5. The number of ether oxygens (including phenoxy) is 3. The Hall–Kier alpha value is -2.57. The van der Waals surface area contributed by atoms with Crippen LogP contribution in [-0.4, -0.2) is 30.5 Å². The fourth-order valence-electron chi connectivity index (χ4n) is 3.71. The molecule has 0 fully saturated rings. The van der Waals surface area contributed by atoms with Crippen molar-refractivity contribution in [3.8, 4) is 0 Å². The SMILES string of the molecule is CCC=CCC=CCC=CCCCCCCCC(=O)OCC(CC)OCOCc1cc2occc2[nH]1. The maximum atomic E-state index is 12.0. The van der Waals surface area contributed by atoms with E-state index < -0.39 is 0 Å². The number of hydrogen-bond donors (Lipinski definition) is 1. The number of nitrogens with one attached hydrogen (secondary N) is 1. The molecule has 0 aliphatic carbocycles. The van der Waals surface area contributed by atoms with Crippen molar-refractivity contribution in [2.75, 3.05) is 13.4 Å². The number of rotatable bonds is 21. The zero-order valence-electron chi connectivity index (χ0n) is 22.2. The predicted octanol–water partition coefficient (Wildman–Crippen LogP) is 8.16. The lowest BCUT2D eigenvalue weighted by atomic mass is 10.1. The van der Waals surface area contributed by atoms with Crippen LogP contribution in [0.1, 0.15) is 90.2 Å². The van der Waals surface area contributed by atoms with Gasteiger partial charge in [-0.3, -0.25) is 4.79 Å². The van der Waals surface area contributed by atoms with E-state index in [1.165, 1.54) is 12.8 Å². The summed E-state index contributed by atoms with van der Waals surface area (Å²) in [6.45, 7) is 4.99. The first-order valence-electron chi connectivity index (χ1n) is 13.6. The zero-order chi connectivity index (χ0) is 25.7. The van der Waals surface area contributed by atoms with E-state index in [1.54, 1.807) is 6.26 Å². The Morgan fingerprint density at radius 1 is 1.00 bits per heavy atom. The summed E-state index contributed by atoms with van der Waals surface area (Å²) < 4.78 is 22.0. The molecular weight excluding hydrogens is 454 g/mol. The maximum Gasteiger partial charge on any atom is 0.305 e. The van der Waals surface area contributed by atoms with E-state index in [0.29, 0.717) is 13.0 Å². The van der Waals surface area contributed by atoms with Gasteiger partial charge >= 0.3 is 5.97 Å². The van der Waals surface area contributed by atoms with Gasteiger partial charge in [-0.25, -0.2) is 0 Å². The lowest BCUT2D eigenvalue weighted by Gasteiger charge is -2.16. The number of aromatic nitrogens is 1. The molecular formula is C30H45NO5. The highest BCUT2D eigenvalue weighted by atomic mass is 16.7. The molecule has 36 heavy (non-hydrogen) atoms. The molecule has 6 heteroatoms. The molecule has 1 unspecified atom stereocenters. The third-order valence-electron chi connectivity index (χ3n) is 5.86. The van der Waals surface area contributed by atoms with Crippen molar-refractivity contribution < 1.29 is 23.4 Å². The number of aromatic amines is 1. The highest BCUT2D eigenvalue weighted by molar-refractivity contribution is 5.74. The second-order valence-corrected chi connectivity index (χ2v) is 8.94. The fraction of sp³-hybridized carbons (Fsp3) is 0.567. The van der Waals surface area contributed by atoms with E-state index in [2.05, 4.69) is 48.4 Å². The van der Waals surface area contributed by atoms with Crippen LogP contribution in [0.2, 0.25) is 0 Å². The van der Waals surface area contributed by atoms with Crippen LogP contribution in [-0.2, 0) is 25.6 Å². The first-order valence-corrected chi connectivity index (χ1v) is 13.6. The van der Waals surface area contributed by atoms with Crippen molar-refractivity contribution in [1.82, 2.24) is 4.98 Å². The number of esters is 1. The molecule has 200 valence electrons. The summed E-state index contributed by atoms with van der Waals surface area (Å²) in [6.07, 6.45) is 25.9. The van der Waals surface area contributed by atoms with Crippen molar-refractivity contribution in [1.29, 1.82) is 0 Å². The van der Waals surface area contributed by atoms with Gasteiger partial charge in [0, 0.05) is 24.2 Å². The van der Waals surface area contributed by atoms with E-state index in [4.69, 9.17) is 18.6 Å². The average Bonchev–Trinajstić information content (AvgIpc) is 3.48. The van der Waals surface area contributed by atoms with E-state index >= 15 is 0 Å². The smallest absolute Gasteiger partial charge is 0.305 e. The summed E-state index contributed by atoms with van der Waals surface area (Å²) >= 11 is 0. The van der Waals surface area contributed by atoms with Gasteiger partial charge in [-0.1, -0.05) is 69.6 Å². The molecule has 0 aliphatic rings. The molecule has 2 aromatic heterocycles. The molecule has 6 nitrogen and oxygen atoms in total. The Morgan fingerprint density at radius 3 is 2.53 bits per heavy atom. The van der Waals surface area contributed by atoms with Crippen molar-refractivity contribution >= 4 is 17.1 Å². The monoisotopic (exact) mass is 499 g/mol. The minimum Gasteiger partial charge on any atom is -0.463 e. The average molecular weight is 500 g/mol. The van der Waals surface area contributed by atoms with E-state index in [-0.39, 0.29) is 25.5 Å². The normalized spacial score (nSPS) is 13.1. The van der Waals surface area contributed by atoms with Gasteiger partial charge < -0.3 is 23.6 Å². The topological polar surface area (TPSA) is 73.7 Å². The third-order valence-corrected chi connectivity index (χ3v) is 5.86. The van der Waals surface area contributed by atoms with Crippen LogP contribution in [0.4, 0.5) is 0 Å². The lowest BCUT2D eigenvalue weighted by molar-refractivity contribution is -0.154. The molecule has 2 aromatic rings. The number of allylic oxidation sites excluding steroid dienone is 6. The van der Waals surface area contributed by atoms with Crippen molar-refractivity contribution in [2.24, 2.45) is 0 Å². The van der Waals surface area contributed by atoms with Gasteiger partial charge in [-0.05, 0) is 44.9 Å². The second-order valence-electron chi connectivity index (χ2n) is 8.94. The highest BCUT2D eigenvalue weighted by Crippen LogP contribution is 2.16. The van der Waals surface area contributed by atoms with Gasteiger partial charge in [0.15, 0.2) is 5.58 Å². The molecule has 0 saturated heterocycles. The number of H-pyrrole nitrogens is 1. The highest BCUT2D eigenvalue weighted by Gasteiger charge is 2.11. The minimum atomic E-state index is -0.157. The largest absolute Gasteiger partial charge is 0.463 e. The summed E-state index contributed by atoms with van der Waals surface area (Å²) in [5.74, 6) is -0.145. The standard InChI is InChI=1S/C30H45NO5/c1-3-5-6-7-8-9-10-11-12-13-14-15-16-17-18-19-30(32)35-24-27(4-2)36-25-33-23-26-22-29-28(31-26)20-21-34-29/h5-6,8-9,11-12,20-22,27,31H,3-4,7,10,13-19,23-25H2,1-2H3. The van der Waals surface area contributed by atoms with Crippen LogP contribution in [0, 0.1) is 0 Å². The fourth-order valence-corrected chi connectivity index (χ4v) is 3.71. The van der Waals surface area contributed by atoms with Crippen LogP contribution in [0.25, 0.3) is 11.1 Å². The van der Waals surface area contributed by atoms with E-state index in [0.717, 1.165) is 68.2 Å². The number of unbranched alkanes of at least 4 members (excludes halogenated alkanes) is 5. The van der Waals surface area contributed by atoms with Crippen LogP contribution >= 0.6 is 0 Å². The Bertz CT molecular complexity index is 879. The predicted molar refractivity (Wildman–Crippen MR) is 146 cm³/mol. The molecule has 1 N–H and O–H groups in total. The summed E-state index contributed by atoms with van der Waals surface area (Å²) in [5, 5.41) is 0. The first-order chi connectivity index (χ1) is 17.7. The number of carbonyl (C=O) groups excluding carboxylic acids is 1. The Morgan fingerprint density at radius 2 is 1.75 bits per heavy atom. The summed E-state index contributed by atoms with van der Waals surface area (Å²) in [7, 11) is 0. The van der Waals surface area contributed by atoms with Crippen LogP contribution < -0.4 is 0 Å². The number of fused-ring (bicyclic) bond motifs is 1. The van der Waals surface area contributed by atoms with Crippen LogP contribution in [0.15, 0.2) is 59.3 Å². The first kappa shape index (κ1) is 29.7. The number of hydrogen-bond acceptors (Lipinski definition) is 5. The summed E-state index contributed by atoms with van der Waals surface area (Å²) in [6, 6.07) is 3.80. The zero-order valence-corrected chi connectivity index (χ0v) is 22.2. The molecule has 1 atom stereocenters. The van der Waals surface area contributed by atoms with Crippen molar-refractivity contribution in [3.05, 3.63) is 60.5 Å². The summed E-state index contributed by atoms with van der Waals surface area (Å²) in [5.41, 5.74) is 2.70. The summed E-state index contributed by atoms with van der Waals surface area (Å²) in [4.78, 5) is 15.3. The molecule has 0 saturated carbocycles. The number of furan rings is 1. The molecule has 2 heterocycles. The van der Waals surface area contributed by atoms with Gasteiger partial charge in [0.1, 0.15) is 13.4 Å². The van der Waals surface area contributed by atoms with Gasteiger partial charge in [-0.15, -0.1) is 0 Å². The van der Waals surface area contributed by atoms with E-state index in [1.807, 2.05) is 19.1 Å². The lowest BCUT2D eigenvalue weighted by Crippen LogP contribution is -2.22. The minimum absolute atomic E-state index is 0.145. The Labute approximate surface area is 216 Å². The van der Waals surface area contributed by atoms with Crippen LogP contribution in [0.3, 0.4) is 0 Å². The van der Waals surface area contributed by atoms with Gasteiger partial charge in [0.25, 0.3) is 0 Å². The Kier molecular flexibility index (Phi) is 16.1. The van der Waals surface area contributed by atoms with E-state index in [9.17, 15) is 4.79 Å². The molecule has 0 aromatic carbocycles. The maximum absolute atomic E-state index is 12.0. The number of carbonyl (C=O) groups is 1. The molecule has 0 radical (unpaired) electrons. The quantitative estimate of drug-likeness (QED) is 0.0811. The molecule has 0 aliphatic heterocycles. The molecule has 0 spiro atoms. The van der Waals surface area contributed by atoms with Gasteiger partial charge in [-0.2, -0.15) is 0 Å². The van der Waals surface area contributed by atoms with Crippen LogP contribution in [0.5, 0.6) is 0 Å². The van der Waals surface area contributed by atoms with Crippen molar-refractivity contribution in [2.45, 2.75) is 97.2 Å².